The Morgan fingerprint density at radius 3 is 2.29 bits per heavy atom. The summed E-state index contributed by atoms with van der Waals surface area (Å²) in [5.74, 6) is -1.12. The van der Waals surface area contributed by atoms with Crippen LogP contribution in [-0.4, -0.2) is 33.0 Å². The van der Waals surface area contributed by atoms with Gasteiger partial charge in [-0.05, 0) is 6.92 Å². The molecule has 0 N–H and O–H groups in total. The minimum atomic E-state index is -5.59. The van der Waals surface area contributed by atoms with E-state index in [1.54, 1.807) is 0 Å². The lowest BCUT2D eigenvalue weighted by atomic mass is 10.7. The Bertz CT molecular complexity index is 297. The van der Waals surface area contributed by atoms with Crippen LogP contribution in [-0.2, 0) is 19.6 Å². The van der Waals surface area contributed by atoms with Crippen LogP contribution >= 0.6 is 0 Å². The molecule has 0 rings (SSSR count). The molecule has 1 radical (unpaired) electrons. The molecule has 83 valence electrons. The normalized spacial score (nSPS) is 12.6. The molecule has 0 aliphatic heterocycles. The molecule has 0 aromatic heterocycles. The van der Waals surface area contributed by atoms with Crippen molar-refractivity contribution in [2.75, 3.05) is 13.2 Å². The summed E-state index contributed by atoms with van der Waals surface area (Å²) in [5.41, 5.74) is -5.47. The first-order valence-electron chi connectivity index (χ1n) is 3.36. The Morgan fingerprint density at radius 1 is 1.43 bits per heavy atom. The third-order valence-corrected chi connectivity index (χ3v) is 2.02. The van der Waals surface area contributed by atoms with Gasteiger partial charge >= 0.3 is 21.5 Å². The molecule has 0 aliphatic rings. The molecule has 0 saturated carbocycles. The second-order valence-corrected chi connectivity index (χ2v) is 3.68. The number of carbonyl (C=O) groups excluding carboxylic acids is 1. The SMILES string of the molecule is CCOC(=O)C[N]S(=O)(=O)C(F)(F)F. The summed E-state index contributed by atoms with van der Waals surface area (Å²) >= 11 is 0. The number of rotatable bonds is 4. The molecule has 0 unspecified atom stereocenters. The third kappa shape index (κ3) is 3.92. The van der Waals surface area contributed by atoms with Crippen molar-refractivity contribution in [2.45, 2.75) is 12.4 Å². The number of hydrogen-bond donors (Lipinski definition) is 0. The Hall–Kier alpha value is -0.830. The lowest BCUT2D eigenvalue weighted by Crippen LogP contribution is -2.34. The summed E-state index contributed by atoms with van der Waals surface area (Å²) in [6.07, 6.45) is 0. The molecule has 5 nitrogen and oxygen atoms in total. The van der Waals surface area contributed by atoms with E-state index in [4.69, 9.17) is 0 Å². The van der Waals surface area contributed by atoms with Crippen LogP contribution < -0.4 is 4.72 Å². The van der Waals surface area contributed by atoms with E-state index >= 15 is 0 Å². The fraction of sp³-hybridized carbons (Fsp3) is 0.800. The molecular weight excluding hydrogens is 227 g/mol. The maximum atomic E-state index is 11.6. The molecule has 0 spiro atoms. The number of ether oxygens (including phenoxy) is 1. The molecule has 0 saturated heterocycles. The zero-order valence-corrected chi connectivity index (χ0v) is 7.85. The number of sulfonamides is 1. The summed E-state index contributed by atoms with van der Waals surface area (Å²) < 4.78 is 61.8. The van der Waals surface area contributed by atoms with Crippen molar-refractivity contribution in [1.82, 2.24) is 4.72 Å². The van der Waals surface area contributed by atoms with Crippen LogP contribution in [0.3, 0.4) is 0 Å². The van der Waals surface area contributed by atoms with Crippen molar-refractivity contribution in [3.8, 4) is 0 Å². The van der Waals surface area contributed by atoms with Crippen LogP contribution in [0, 0.1) is 0 Å². The fourth-order valence-electron chi connectivity index (χ4n) is 0.418. The zero-order chi connectivity index (χ0) is 11.4. The first kappa shape index (κ1) is 13.2. The molecule has 0 amide bonds. The molecular formula is C5H7F3NO4S. The van der Waals surface area contributed by atoms with Crippen molar-refractivity contribution >= 4 is 16.0 Å². The van der Waals surface area contributed by atoms with Gasteiger partial charge in [-0.2, -0.15) is 13.2 Å². The van der Waals surface area contributed by atoms with E-state index in [1.165, 1.54) is 6.92 Å². The van der Waals surface area contributed by atoms with Crippen molar-refractivity contribution in [1.29, 1.82) is 0 Å². The number of nitrogens with zero attached hydrogens (tertiary/aromatic N) is 1. The minimum absolute atomic E-state index is 0.0551. The molecule has 0 aromatic rings. The predicted molar refractivity (Wildman–Crippen MR) is 38.6 cm³/mol. The molecule has 0 atom stereocenters. The summed E-state index contributed by atoms with van der Waals surface area (Å²) in [6, 6.07) is 0. The van der Waals surface area contributed by atoms with Gasteiger partial charge in [0.05, 0.1) is 6.61 Å². The van der Waals surface area contributed by atoms with Crippen molar-refractivity contribution in [3.63, 3.8) is 0 Å². The number of esters is 1. The van der Waals surface area contributed by atoms with Gasteiger partial charge in [0.2, 0.25) is 0 Å². The third-order valence-electron chi connectivity index (χ3n) is 0.961. The second-order valence-electron chi connectivity index (χ2n) is 2.01. The Morgan fingerprint density at radius 2 is 1.93 bits per heavy atom. The highest BCUT2D eigenvalue weighted by Crippen LogP contribution is 2.21. The number of hydrogen-bond acceptors (Lipinski definition) is 4. The quantitative estimate of drug-likeness (QED) is 0.642. The predicted octanol–water partition coefficient (Wildman–Crippen LogP) is 0.00350. The summed E-state index contributed by atoms with van der Waals surface area (Å²) in [6.45, 7) is 0.215. The fourth-order valence-corrected chi connectivity index (χ4v) is 0.839. The van der Waals surface area contributed by atoms with Crippen LogP contribution in [0.1, 0.15) is 6.92 Å². The minimum Gasteiger partial charge on any atom is -0.465 e. The van der Waals surface area contributed by atoms with Gasteiger partial charge in [-0.15, -0.1) is 4.72 Å². The second kappa shape index (κ2) is 4.60. The monoisotopic (exact) mass is 234 g/mol. The van der Waals surface area contributed by atoms with Crippen LogP contribution in [0.25, 0.3) is 0 Å². The van der Waals surface area contributed by atoms with Crippen molar-refractivity contribution < 1.29 is 31.1 Å². The average Bonchev–Trinajstić information content (AvgIpc) is 1.99. The Labute approximate surface area is 78.3 Å². The first-order chi connectivity index (χ1) is 6.20. The molecule has 14 heavy (non-hydrogen) atoms. The smallest absolute Gasteiger partial charge is 0.465 e. The molecule has 0 fully saturated rings. The van der Waals surface area contributed by atoms with E-state index in [0.29, 0.717) is 0 Å². The molecule has 0 aromatic carbocycles. The highest BCUT2D eigenvalue weighted by Gasteiger charge is 2.46. The molecule has 0 heterocycles. The highest BCUT2D eigenvalue weighted by molar-refractivity contribution is 7.90. The first-order valence-corrected chi connectivity index (χ1v) is 4.80. The van der Waals surface area contributed by atoms with Crippen molar-refractivity contribution in [3.05, 3.63) is 0 Å². The van der Waals surface area contributed by atoms with E-state index in [9.17, 15) is 26.4 Å². The lowest BCUT2D eigenvalue weighted by Gasteiger charge is -2.06. The van der Waals surface area contributed by atoms with E-state index in [-0.39, 0.29) is 6.61 Å². The highest BCUT2D eigenvalue weighted by atomic mass is 32.2. The summed E-state index contributed by atoms with van der Waals surface area (Å²) in [7, 11) is -5.59. The van der Waals surface area contributed by atoms with Gasteiger partial charge in [-0.3, -0.25) is 4.79 Å². The van der Waals surface area contributed by atoms with Crippen LogP contribution in [0.15, 0.2) is 0 Å². The van der Waals surface area contributed by atoms with Crippen molar-refractivity contribution in [2.24, 2.45) is 0 Å². The molecule has 0 aliphatic carbocycles. The standard InChI is InChI=1S/C5H7F3NO4S/c1-2-13-4(10)3-9-14(11,12)5(6,7)8/h2-3H2,1H3. The van der Waals surface area contributed by atoms with Gasteiger partial charge in [0, 0.05) is 0 Å². The lowest BCUT2D eigenvalue weighted by molar-refractivity contribution is -0.141. The summed E-state index contributed by atoms with van der Waals surface area (Å²) in [5, 5.41) is 0. The van der Waals surface area contributed by atoms with Gasteiger partial charge in [0.25, 0.3) is 0 Å². The van der Waals surface area contributed by atoms with Gasteiger partial charge < -0.3 is 4.74 Å². The Balaban J connectivity index is 4.22. The number of carbonyl (C=O) groups is 1. The molecule has 0 bridgehead atoms. The summed E-state index contributed by atoms with van der Waals surface area (Å²) in [4.78, 5) is 10.5. The maximum Gasteiger partial charge on any atom is 0.512 e. The van der Waals surface area contributed by atoms with Gasteiger partial charge in [-0.25, -0.2) is 8.42 Å². The zero-order valence-electron chi connectivity index (χ0n) is 7.04. The number of halogens is 3. The van der Waals surface area contributed by atoms with E-state index < -0.39 is 28.0 Å². The Kier molecular flexibility index (Phi) is 4.33. The average molecular weight is 234 g/mol. The van der Waals surface area contributed by atoms with Crippen LogP contribution in [0.5, 0.6) is 0 Å². The largest absolute Gasteiger partial charge is 0.512 e. The van der Waals surface area contributed by atoms with Crippen LogP contribution in [0.4, 0.5) is 13.2 Å². The van der Waals surface area contributed by atoms with Gasteiger partial charge in [-0.1, -0.05) is 0 Å². The molecule has 9 heteroatoms. The van der Waals surface area contributed by atoms with E-state index in [1.807, 2.05) is 0 Å². The number of alkyl halides is 3. The van der Waals surface area contributed by atoms with E-state index in [0.717, 1.165) is 0 Å². The van der Waals surface area contributed by atoms with E-state index in [2.05, 4.69) is 9.46 Å². The van der Waals surface area contributed by atoms with Gasteiger partial charge in [0.15, 0.2) is 0 Å². The van der Waals surface area contributed by atoms with Crippen LogP contribution in [0.2, 0.25) is 0 Å². The van der Waals surface area contributed by atoms with Gasteiger partial charge in [0.1, 0.15) is 6.54 Å². The maximum absolute atomic E-state index is 11.6. The topological polar surface area (TPSA) is 74.5 Å².